The van der Waals surface area contributed by atoms with Crippen LogP contribution in [0.1, 0.15) is 23.2 Å². The fourth-order valence-electron chi connectivity index (χ4n) is 1.24. The van der Waals surface area contributed by atoms with Crippen LogP contribution in [-0.4, -0.2) is 24.0 Å². The molecule has 1 amide bonds. The summed E-state index contributed by atoms with van der Waals surface area (Å²) in [6.07, 6.45) is 2.88. The van der Waals surface area contributed by atoms with Crippen molar-refractivity contribution < 1.29 is 4.79 Å². The summed E-state index contributed by atoms with van der Waals surface area (Å²) >= 11 is 0. The first-order valence-corrected chi connectivity index (χ1v) is 5.22. The summed E-state index contributed by atoms with van der Waals surface area (Å²) in [7, 11) is 0. The highest BCUT2D eigenvalue weighted by Gasteiger charge is 2.04. The second kappa shape index (κ2) is 7.08. The lowest BCUT2D eigenvalue weighted by Gasteiger charge is -2.03. The highest BCUT2D eigenvalue weighted by atomic mass is 16.2. The monoisotopic (exact) mass is 235 g/mol. The van der Waals surface area contributed by atoms with Crippen molar-refractivity contribution in [2.45, 2.75) is 12.8 Å². The van der Waals surface area contributed by atoms with Crippen molar-refractivity contribution in [3.63, 3.8) is 0 Å². The largest absolute Gasteiger partial charge is 0.352 e. The number of pyridine rings is 1. The van der Waals surface area contributed by atoms with Crippen molar-refractivity contribution in [2.75, 3.05) is 13.1 Å². The fourth-order valence-corrected chi connectivity index (χ4v) is 1.24. The third-order valence-corrected chi connectivity index (χ3v) is 2.07. The molecule has 1 aromatic heterocycles. The molecule has 0 aliphatic rings. The molecule has 17 heavy (non-hydrogen) atoms. The van der Waals surface area contributed by atoms with Gasteiger partial charge in [-0.25, -0.2) is 0 Å². The highest BCUT2D eigenvalue weighted by Crippen LogP contribution is 1.94. The van der Waals surface area contributed by atoms with E-state index in [0.717, 1.165) is 12.8 Å². The number of aromatic nitrogens is 1. The molecule has 2 N–H and O–H groups in total. The molecule has 7 nitrogen and oxygen atoms in total. The number of rotatable bonds is 6. The quantitative estimate of drug-likeness (QED) is 0.334. The number of hydrogen-bond acceptors (Lipinski definition) is 3. The molecule has 0 saturated heterocycles. The van der Waals surface area contributed by atoms with Crippen LogP contribution in [0.3, 0.4) is 0 Å². The molecule has 0 atom stereocenters. The Morgan fingerprint density at radius 3 is 3.06 bits per heavy atom. The molecule has 0 aliphatic heterocycles. The number of azide groups is 1. The van der Waals surface area contributed by atoms with Gasteiger partial charge in [-0.3, -0.25) is 9.59 Å². The summed E-state index contributed by atoms with van der Waals surface area (Å²) in [5.41, 5.74) is 8.07. The van der Waals surface area contributed by atoms with Crippen LogP contribution in [0.4, 0.5) is 0 Å². The fraction of sp³-hybridized carbons (Fsp3) is 0.400. The first kappa shape index (κ1) is 12.8. The molecule has 0 saturated carbocycles. The van der Waals surface area contributed by atoms with Crippen molar-refractivity contribution in [3.8, 4) is 0 Å². The van der Waals surface area contributed by atoms with Crippen molar-refractivity contribution in [3.05, 3.63) is 44.7 Å². The zero-order valence-corrected chi connectivity index (χ0v) is 9.22. The predicted molar refractivity (Wildman–Crippen MR) is 62.6 cm³/mol. The number of nitrogens with one attached hydrogen (secondary N) is 2. The summed E-state index contributed by atoms with van der Waals surface area (Å²) in [5.74, 6) is -0.278. The van der Waals surface area contributed by atoms with Crippen LogP contribution in [-0.2, 0) is 0 Å². The Labute approximate surface area is 97.5 Å². The maximum atomic E-state index is 11.5. The highest BCUT2D eigenvalue weighted by molar-refractivity contribution is 5.93. The van der Waals surface area contributed by atoms with Gasteiger partial charge in [-0.1, -0.05) is 5.11 Å². The number of aromatic amines is 1. The van der Waals surface area contributed by atoms with Crippen molar-refractivity contribution in [2.24, 2.45) is 5.11 Å². The van der Waals surface area contributed by atoms with Crippen molar-refractivity contribution in [1.29, 1.82) is 0 Å². The first-order chi connectivity index (χ1) is 8.24. The van der Waals surface area contributed by atoms with Crippen molar-refractivity contribution >= 4 is 5.91 Å². The summed E-state index contributed by atoms with van der Waals surface area (Å²) < 4.78 is 0. The molecule has 0 aliphatic carbocycles. The summed E-state index contributed by atoms with van der Waals surface area (Å²) in [6, 6.07) is 2.78. The van der Waals surface area contributed by atoms with Crippen molar-refractivity contribution in [1.82, 2.24) is 10.3 Å². The Hall–Kier alpha value is -2.27. The molecule has 1 heterocycles. The smallest absolute Gasteiger partial charge is 0.251 e. The van der Waals surface area contributed by atoms with Gasteiger partial charge in [0, 0.05) is 35.8 Å². The molecule has 0 aromatic carbocycles. The topological polar surface area (TPSA) is 111 Å². The molecule has 0 radical (unpaired) electrons. The van der Waals surface area contributed by atoms with Gasteiger partial charge >= 0.3 is 0 Å². The molecule has 1 aromatic rings. The van der Waals surface area contributed by atoms with Crippen LogP contribution in [0.5, 0.6) is 0 Å². The van der Waals surface area contributed by atoms with Crippen LogP contribution in [0.25, 0.3) is 10.4 Å². The minimum absolute atomic E-state index is 0.278. The van der Waals surface area contributed by atoms with E-state index in [1.54, 1.807) is 0 Å². The van der Waals surface area contributed by atoms with Crippen LogP contribution < -0.4 is 10.9 Å². The zero-order valence-electron chi connectivity index (χ0n) is 9.22. The Morgan fingerprint density at radius 2 is 2.35 bits per heavy atom. The van der Waals surface area contributed by atoms with Crippen LogP contribution in [0, 0.1) is 0 Å². The van der Waals surface area contributed by atoms with Crippen LogP contribution in [0.15, 0.2) is 28.2 Å². The van der Waals surface area contributed by atoms with E-state index in [1.165, 1.54) is 18.3 Å². The zero-order chi connectivity index (χ0) is 12.5. The standard InChI is InChI=1S/C10H13N5O2/c11-15-14-5-2-1-4-13-10(17)8-3-6-12-9(16)7-8/h3,6-7H,1-2,4-5H2,(H,12,16)(H,13,17). The lowest BCUT2D eigenvalue weighted by atomic mass is 10.2. The lowest BCUT2D eigenvalue weighted by molar-refractivity contribution is 0.0953. The second-order valence-electron chi connectivity index (χ2n) is 3.36. The summed E-state index contributed by atoms with van der Waals surface area (Å²) in [5, 5.41) is 6.06. The van der Waals surface area contributed by atoms with Gasteiger partial charge in [0.05, 0.1) is 0 Å². The van der Waals surface area contributed by atoms with E-state index in [2.05, 4.69) is 20.3 Å². The van der Waals surface area contributed by atoms with Gasteiger partial charge in [0.15, 0.2) is 0 Å². The van der Waals surface area contributed by atoms with E-state index in [0.29, 0.717) is 18.7 Å². The third kappa shape index (κ3) is 4.85. The molecule has 0 spiro atoms. The van der Waals surface area contributed by atoms with Gasteiger partial charge in [-0.05, 0) is 24.4 Å². The Morgan fingerprint density at radius 1 is 1.53 bits per heavy atom. The van der Waals surface area contributed by atoms with Gasteiger partial charge in [-0.15, -0.1) is 0 Å². The predicted octanol–water partition coefficient (Wildman–Crippen LogP) is 1.20. The number of hydrogen-bond donors (Lipinski definition) is 2. The summed E-state index contributed by atoms with van der Waals surface area (Å²) in [6.45, 7) is 0.921. The minimum Gasteiger partial charge on any atom is -0.352 e. The Bertz CT molecular complexity index is 476. The maximum absolute atomic E-state index is 11.5. The molecule has 1 rings (SSSR count). The second-order valence-corrected chi connectivity index (χ2v) is 3.36. The van der Waals surface area contributed by atoms with Crippen LogP contribution in [0.2, 0.25) is 0 Å². The van der Waals surface area contributed by atoms with E-state index in [9.17, 15) is 9.59 Å². The third-order valence-electron chi connectivity index (χ3n) is 2.07. The van der Waals surface area contributed by atoms with Gasteiger partial charge < -0.3 is 10.3 Å². The molecule has 90 valence electrons. The molecular formula is C10H13N5O2. The Kier molecular flexibility index (Phi) is 5.33. The first-order valence-electron chi connectivity index (χ1n) is 5.22. The SMILES string of the molecule is [N-]=[N+]=NCCCCNC(=O)c1cc[nH]c(=O)c1. The number of H-pyrrole nitrogens is 1. The number of carbonyl (C=O) groups is 1. The van der Waals surface area contributed by atoms with Gasteiger partial charge in [0.25, 0.3) is 5.91 Å². The normalized spacial score (nSPS) is 9.41. The molecule has 0 unspecified atom stereocenters. The number of carbonyl (C=O) groups excluding carboxylic acids is 1. The van der Waals surface area contributed by atoms with E-state index in [-0.39, 0.29) is 11.5 Å². The molecular weight excluding hydrogens is 222 g/mol. The lowest BCUT2D eigenvalue weighted by Crippen LogP contribution is -2.25. The van der Waals surface area contributed by atoms with E-state index in [4.69, 9.17) is 5.53 Å². The van der Waals surface area contributed by atoms with E-state index in [1.807, 2.05) is 0 Å². The molecule has 0 bridgehead atoms. The Balaban J connectivity index is 2.30. The van der Waals surface area contributed by atoms with Gasteiger partial charge in [0.1, 0.15) is 0 Å². The number of amides is 1. The van der Waals surface area contributed by atoms with E-state index < -0.39 is 0 Å². The number of nitrogens with zero attached hydrogens (tertiary/aromatic N) is 3. The minimum atomic E-state index is -0.305. The average Bonchev–Trinajstić information content (AvgIpc) is 2.33. The molecule has 0 fully saturated rings. The van der Waals surface area contributed by atoms with Gasteiger partial charge in [-0.2, -0.15) is 0 Å². The summed E-state index contributed by atoms with van der Waals surface area (Å²) in [4.78, 5) is 27.6. The van der Waals surface area contributed by atoms with E-state index >= 15 is 0 Å². The molecule has 7 heteroatoms. The maximum Gasteiger partial charge on any atom is 0.251 e. The average molecular weight is 235 g/mol. The van der Waals surface area contributed by atoms with Gasteiger partial charge in [0.2, 0.25) is 5.56 Å². The number of unbranched alkanes of at least 4 members (excludes halogenated alkanes) is 1. The van der Waals surface area contributed by atoms with Crippen LogP contribution >= 0.6 is 0 Å².